The van der Waals surface area contributed by atoms with Crippen LogP contribution in [0.15, 0.2) is 35.4 Å². The Hall–Kier alpha value is -2.28. The Kier molecular flexibility index (Phi) is 3.80. The molecule has 5 nitrogen and oxygen atoms in total. The first-order valence-electron chi connectivity index (χ1n) is 7.79. The molecule has 2 N–H and O–H groups in total. The number of anilines is 1. The third-order valence-corrected chi connectivity index (χ3v) is 5.56. The Morgan fingerprint density at radius 3 is 2.96 bits per heavy atom. The molecule has 0 radical (unpaired) electrons. The van der Waals surface area contributed by atoms with Gasteiger partial charge in [-0.25, -0.2) is 4.39 Å². The normalized spacial score (nSPS) is 19.6. The topological polar surface area (TPSA) is 68.5 Å². The van der Waals surface area contributed by atoms with E-state index in [1.54, 1.807) is 30.1 Å². The second-order valence-corrected chi connectivity index (χ2v) is 7.03. The van der Waals surface area contributed by atoms with E-state index < -0.39 is 5.82 Å². The highest BCUT2D eigenvalue weighted by atomic mass is 32.2. The number of carbonyl (C=O) groups excluding carboxylic acids is 1. The summed E-state index contributed by atoms with van der Waals surface area (Å²) in [6.07, 6.45) is 3.85. The lowest BCUT2D eigenvalue weighted by Crippen LogP contribution is -2.33. The maximum atomic E-state index is 14.0. The molecule has 2 aliphatic rings. The van der Waals surface area contributed by atoms with E-state index in [1.807, 2.05) is 4.90 Å². The van der Waals surface area contributed by atoms with Crippen LogP contribution in [0.2, 0.25) is 0 Å². The number of carbonyl (C=O) groups is 1. The number of aromatic nitrogens is 1. The number of ether oxygens (including phenoxy) is 1. The predicted octanol–water partition coefficient (Wildman–Crippen LogP) is 3.19. The van der Waals surface area contributed by atoms with Gasteiger partial charge in [0.15, 0.2) is 11.6 Å². The number of likely N-dealkylation sites (tertiary alicyclic amines) is 1. The Morgan fingerprint density at radius 2 is 2.21 bits per heavy atom. The molecule has 1 unspecified atom stereocenters. The summed E-state index contributed by atoms with van der Waals surface area (Å²) in [7, 11) is 0. The molecule has 2 aliphatic heterocycles. The molecule has 4 rings (SSSR count). The summed E-state index contributed by atoms with van der Waals surface area (Å²) in [4.78, 5) is 19.1. The zero-order chi connectivity index (χ0) is 16.7. The van der Waals surface area contributed by atoms with Crippen molar-refractivity contribution in [2.24, 2.45) is 0 Å². The van der Waals surface area contributed by atoms with E-state index in [2.05, 4.69) is 4.98 Å². The second-order valence-electron chi connectivity index (χ2n) is 5.84. The SMILES string of the molecule is Nc1ccc(Oc2ccnc3c2SC(N2CCCC2=O)C3)c(F)c1. The molecule has 0 aliphatic carbocycles. The van der Waals surface area contributed by atoms with E-state index in [0.29, 0.717) is 24.3 Å². The number of nitrogens with zero attached hydrogens (tertiary/aromatic N) is 2. The van der Waals surface area contributed by atoms with Crippen molar-refractivity contribution in [2.45, 2.75) is 29.5 Å². The van der Waals surface area contributed by atoms with Crippen molar-refractivity contribution in [1.29, 1.82) is 0 Å². The average molecular weight is 345 g/mol. The Balaban J connectivity index is 1.60. The van der Waals surface area contributed by atoms with Crippen LogP contribution in [0.5, 0.6) is 11.5 Å². The van der Waals surface area contributed by atoms with Crippen molar-refractivity contribution < 1.29 is 13.9 Å². The number of pyridine rings is 1. The van der Waals surface area contributed by atoms with Crippen LogP contribution >= 0.6 is 11.8 Å². The van der Waals surface area contributed by atoms with Crippen LogP contribution in [0, 0.1) is 5.82 Å². The maximum absolute atomic E-state index is 14.0. The number of hydrogen-bond donors (Lipinski definition) is 1. The molecule has 24 heavy (non-hydrogen) atoms. The van der Waals surface area contributed by atoms with Crippen molar-refractivity contribution >= 4 is 23.4 Å². The van der Waals surface area contributed by atoms with Gasteiger partial charge < -0.3 is 15.4 Å². The average Bonchev–Trinajstić information content (AvgIpc) is 3.16. The molecular formula is C17H16FN3O2S. The summed E-state index contributed by atoms with van der Waals surface area (Å²) in [6.45, 7) is 0.785. The lowest BCUT2D eigenvalue weighted by molar-refractivity contribution is -0.128. The van der Waals surface area contributed by atoms with E-state index in [0.717, 1.165) is 23.6 Å². The summed E-state index contributed by atoms with van der Waals surface area (Å²) >= 11 is 1.56. The van der Waals surface area contributed by atoms with Gasteiger partial charge in [0.05, 0.1) is 16.0 Å². The van der Waals surface area contributed by atoms with Crippen molar-refractivity contribution in [3.05, 3.63) is 42.0 Å². The number of nitrogens with two attached hydrogens (primary N) is 1. The van der Waals surface area contributed by atoms with Gasteiger partial charge in [0, 0.05) is 43.4 Å². The van der Waals surface area contributed by atoms with Crippen molar-refractivity contribution in [3.63, 3.8) is 0 Å². The predicted molar refractivity (Wildman–Crippen MR) is 89.4 cm³/mol. The third-order valence-electron chi connectivity index (χ3n) is 4.20. The number of hydrogen-bond acceptors (Lipinski definition) is 5. The van der Waals surface area contributed by atoms with E-state index in [1.165, 1.54) is 12.1 Å². The van der Waals surface area contributed by atoms with Gasteiger partial charge in [-0.15, -0.1) is 0 Å². The van der Waals surface area contributed by atoms with Crippen molar-refractivity contribution in [2.75, 3.05) is 12.3 Å². The Morgan fingerprint density at radius 1 is 1.33 bits per heavy atom. The molecule has 1 aromatic heterocycles. The summed E-state index contributed by atoms with van der Waals surface area (Å²) in [5.41, 5.74) is 6.80. The van der Waals surface area contributed by atoms with Crippen LogP contribution in [-0.2, 0) is 11.2 Å². The van der Waals surface area contributed by atoms with Gasteiger partial charge in [-0.3, -0.25) is 9.78 Å². The molecule has 3 heterocycles. The minimum absolute atomic E-state index is 0.0449. The van der Waals surface area contributed by atoms with Gasteiger partial charge in [-0.05, 0) is 18.6 Å². The quantitative estimate of drug-likeness (QED) is 0.865. The number of nitrogen functional groups attached to an aromatic ring is 1. The number of fused-ring (bicyclic) bond motifs is 1. The van der Waals surface area contributed by atoms with Crippen molar-refractivity contribution in [1.82, 2.24) is 9.88 Å². The molecule has 0 saturated carbocycles. The molecule has 1 saturated heterocycles. The van der Waals surface area contributed by atoms with Crippen molar-refractivity contribution in [3.8, 4) is 11.5 Å². The molecule has 1 fully saturated rings. The zero-order valence-corrected chi connectivity index (χ0v) is 13.7. The maximum Gasteiger partial charge on any atom is 0.223 e. The van der Waals surface area contributed by atoms with Crippen LogP contribution in [0.1, 0.15) is 18.5 Å². The van der Waals surface area contributed by atoms with Gasteiger partial charge in [-0.1, -0.05) is 11.8 Å². The second kappa shape index (κ2) is 5.98. The van der Waals surface area contributed by atoms with Gasteiger partial charge in [0.1, 0.15) is 5.75 Å². The number of benzene rings is 1. The first-order valence-corrected chi connectivity index (χ1v) is 8.66. The lowest BCUT2D eigenvalue weighted by Gasteiger charge is -2.22. The zero-order valence-electron chi connectivity index (χ0n) is 12.9. The van der Waals surface area contributed by atoms with E-state index in [9.17, 15) is 9.18 Å². The highest BCUT2D eigenvalue weighted by molar-refractivity contribution is 8.00. The highest BCUT2D eigenvalue weighted by Crippen LogP contribution is 2.45. The first kappa shape index (κ1) is 15.3. The monoisotopic (exact) mass is 345 g/mol. The van der Waals surface area contributed by atoms with Crippen LogP contribution < -0.4 is 10.5 Å². The Labute approximate surface area is 143 Å². The van der Waals surface area contributed by atoms with Gasteiger partial charge in [-0.2, -0.15) is 0 Å². The summed E-state index contributed by atoms with van der Waals surface area (Å²) in [5.74, 6) is 0.365. The molecule has 7 heteroatoms. The summed E-state index contributed by atoms with van der Waals surface area (Å²) in [6, 6.07) is 6.06. The molecule has 1 atom stereocenters. The molecule has 1 aromatic carbocycles. The standard InChI is InChI=1S/C17H16FN3O2S/c18-11-8-10(19)3-4-13(11)23-14-5-6-20-12-9-16(24-17(12)14)21-7-1-2-15(21)22/h3-6,8,16H,1-2,7,9,19H2. The third kappa shape index (κ3) is 2.69. The molecule has 0 spiro atoms. The summed E-state index contributed by atoms with van der Waals surface area (Å²) < 4.78 is 19.7. The van der Waals surface area contributed by atoms with Crippen LogP contribution in [-0.4, -0.2) is 27.7 Å². The van der Waals surface area contributed by atoms with Gasteiger partial charge in [0.2, 0.25) is 5.91 Å². The molecule has 2 aromatic rings. The molecule has 0 bridgehead atoms. The molecular weight excluding hydrogens is 329 g/mol. The van der Waals surface area contributed by atoms with Gasteiger partial charge in [0.25, 0.3) is 0 Å². The largest absolute Gasteiger partial charge is 0.453 e. The number of amides is 1. The first-order chi connectivity index (χ1) is 11.6. The van der Waals surface area contributed by atoms with E-state index in [-0.39, 0.29) is 17.0 Å². The minimum atomic E-state index is -0.505. The molecule has 124 valence electrons. The summed E-state index contributed by atoms with van der Waals surface area (Å²) in [5, 5.41) is 0.0449. The van der Waals surface area contributed by atoms with E-state index >= 15 is 0 Å². The number of rotatable bonds is 3. The fourth-order valence-corrected chi connectivity index (χ4v) is 4.39. The lowest BCUT2D eigenvalue weighted by atomic mass is 10.2. The number of thioether (sulfide) groups is 1. The highest BCUT2D eigenvalue weighted by Gasteiger charge is 2.35. The van der Waals surface area contributed by atoms with E-state index in [4.69, 9.17) is 10.5 Å². The Bertz CT molecular complexity index is 814. The smallest absolute Gasteiger partial charge is 0.223 e. The fourth-order valence-electron chi connectivity index (χ4n) is 3.03. The van der Waals surface area contributed by atoms with Crippen LogP contribution in [0.25, 0.3) is 0 Å². The fraction of sp³-hybridized carbons (Fsp3) is 0.294. The molecule has 1 amide bonds. The van der Waals surface area contributed by atoms with Crippen LogP contribution in [0.4, 0.5) is 10.1 Å². The number of halogens is 1. The minimum Gasteiger partial charge on any atom is -0.453 e. The van der Waals surface area contributed by atoms with Crippen LogP contribution in [0.3, 0.4) is 0 Å². The van der Waals surface area contributed by atoms with Gasteiger partial charge >= 0.3 is 0 Å².